The van der Waals surface area contributed by atoms with E-state index in [1.165, 1.54) is 4.90 Å². The standard InChI is InChI=1S/C14H22ClN3O3/c1-4-5-17-9-11(15)8-12(17)14(21)18(10-13(19)20)7-6-16(2)3/h8-9H,4-7,10H2,1-3H3,(H,19,20). The van der Waals surface area contributed by atoms with Crippen LogP contribution in [0.15, 0.2) is 12.3 Å². The van der Waals surface area contributed by atoms with Crippen LogP contribution in [0.1, 0.15) is 23.8 Å². The van der Waals surface area contributed by atoms with Crippen molar-refractivity contribution in [3.8, 4) is 0 Å². The van der Waals surface area contributed by atoms with Gasteiger partial charge in [0, 0.05) is 25.8 Å². The molecule has 1 amide bonds. The number of aromatic nitrogens is 1. The van der Waals surface area contributed by atoms with E-state index >= 15 is 0 Å². The topological polar surface area (TPSA) is 65.8 Å². The minimum absolute atomic E-state index is 0.306. The number of likely N-dealkylation sites (N-methyl/N-ethyl adjacent to an activating group) is 1. The van der Waals surface area contributed by atoms with E-state index in [0.29, 0.717) is 30.4 Å². The molecule has 7 heteroatoms. The zero-order valence-electron chi connectivity index (χ0n) is 12.7. The number of hydrogen-bond acceptors (Lipinski definition) is 3. The number of carboxylic acids is 1. The van der Waals surface area contributed by atoms with Crippen molar-refractivity contribution in [2.75, 3.05) is 33.7 Å². The summed E-state index contributed by atoms with van der Waals surface area (Å²) in [5.74, 6) is -1.33. The summed E-state index contributed by atoms with van der Waals surface area (Å²) in [6.07, 6.45) is 2.56. The summed E-state index contributed by atoms with van der Waals surface area (Å²) < 4.78 is 1.77. The molecule has 0 saturated carbocycles. The van der Waals surface area contributed by atoms with Gasteiger partial charge in [0.2, 0.25) is 0 Å². The summed E-state index contributed by atoms with van der Waals surface area (Å²) in [5.41, 5.74) is 0.432. The van der Waals surface area contributed by atoms with Crippen LogP contribution in [0.25, 0.3) is 0 Å². The Balaban J connectivity index is 2.95. The Morgan fingerprint density at radius 3 is 2.52 bits per heavy atom. The maximum Gasteiger partial charge on any atom is 0.323 e. The summed E-state index contributed by atoms with van der Waals surface area (Å²) in [7, 11) is 3.75. The van der Waals surface area contributed by atoms with Crippen molar-refractivity contribution in [3.63, 3.8) is 0 Å². The average molecular weight is 316 g/mol. The molecule has 1 aromatic rings. The summed E-state index contributed by atoms with van der Waals surface area (Å²) >= 11 is 5.97. The van der Waals surface area contributed by atoms with Crippen molar-refractivity contribution in [1.82, 2.24) is 14.4 Å². The van der Waals surface area contributed by atoms with Gasteiger partial charge in [-0.2, -0.15) is 0 Å². The predicted molar refractivity (Wildman–Crippen MR) is 81.8 cm³/mol. The van der Waals surface area contributed by atoms with E-state index in [4.69, 9.17) is 16.7 Å². The largest absolute Gasteiger partial charge is 0.480 e. The molecule has 21 heavy (non-hydrogen) atoms. The first kappa shape index (κ1) is 17.5. The van der Waals surface area contributed by atoms with Crippen molar-refractivity contribution in [3.05, 3.63) is 23.0 Å². The Kier molecular flexibility index (Phi) is 6.71. The molecule has 0 fully saturated rings. The van der Waals surface area contributed by atoms with Crippen LogP contribution in [0.2, 0.25) is 5.02 Å². The smallest absolute Gasteiger partial charge is 0.323 e. The SMILES string of the molecule is CCCn1cc(Cl)cc1C(=O)N(CCN(C)C)CC(=O)O. The molecule has 0 atom stereocenters. The Labute approximate surface area is 129 Å². The lowest BCUT2D eigenvalue weighted by Crippen LogP contribution is -2.40. The van der Waals surface area contributed by atoms with E-state index in [1.54, 1.807) is 16.8 Å². The van der Waals surface area contributed by atoms with Gasteiger partial charge in [0.05, 0.1) is 5.02 Å². The van der Waals surface area contributed by atoms with Gasteiger partial charge in [0.25, 0.3) is 5.91 Å². The molecule has 1 aromatic heterocycles. The quantitative estimate of drug-likeness (QED) is 0.792. The minimum atomic E-state index is -1.03. The number of amides is 1. The highest BCUT2D eigenvalue weighted by Gasteiger charge is 2.22. The number of nitrogens with zero attached hydrogens (tertiary/aromatic N) is 3. The third-order valence-corrected chi connectivity index (χ3v) is 3.18. The number of hydrogen-bond donors (Lipinski definition) is 1. The molecule has 6 nitrogen and oxygen atoms in total. The molecular formula is C14H22ClN3O3. The Bertz CT molecular complexity index is 500. The van der Waals surface area contributed by atoms with Crippen LogP contribution in [-0.2, 0) is 11.3 Å². The van der Waals surface area contributed by atoms with Gasteiger partial charge in [-0.05, 0) is 26.6 Å². The van der Waals surface area contributed by atoms with Gasteiger partial charge in [-0.3, -0.25) is 9.59 Å². The fourth-order valence-corrected chi connectivity index (χ4v) is 2.20. The highest BCUT2D eigenvalue weighted by molar-refractivity contribution is 6.31. The number of aryl methyl sites for hydroxylation is 1. The van der Waals surface area contributed by atoms with Gasteiger partial charge in [-0.15, -0.1) is 0 Å². The van der Waals surface area contributed by atoms with Crippen LogP contribution >= 0.6 is 11.6 Å². The normalized spacial score (nSPS) is 10.9. The molecule has 118 valence electrons. The minimum Gasteiger partial charge on any atom is -0.480 e. The Morgan fingerprint density at radius 1 is 1.33 bits per heavy atom. The third kappa shape index (κ3) is 5.40. The second kappa shape index (κ2) is 8.05. The summed E-state index contributed by atoms with van der Waals surface area (Å²) in [6.45, 7) is 3.31. The van der Waals surface area contributed by atoms with Gasteiger partial charge in [0.1, 0.15) is 12.2 Å². The van der Waals surface area contributed by atoms with E-state index in [-0.39, 0.29) is 12.5 Å². The van der Waals surface area contributed by atoms with Gasteiger partial charge < -0.3 is 19.5 Å². The van der Waals surface area contributed by atoms with Gasteiger partial charge in [0.15, 0.2) is 0 Å². The van der Waals surface area contributed by atoms with Gasteiger partial charge >= 0.3 is 5.97 Å². The van der Waals surface area contributed by atoms with E-state index in [0.717, 1.165) is 6.42 Å². The van der Waals surface area contributed by atoms with Crippen LogP contribution in [0.3, 0.4) is 0 Å². The van der Waals surface area contributed by atoms with E-state index in [1.807, 2.05) is 25.9 Å². The molecular weight excluding hydrogens is 294 g/mol. The maximum atomic E-state index is 12.6. The number of halogens is 1. The maximum absolute atomic E-state index is 12.6. The molecule has 0 bridgehead atoms. The zero-order valence-corrected chi connectivity index (χ0v) is 13.4. The first-order valence-corrected chi connectivity index (χ1v) is 7.24. The molecule has 0 aromatic carbocycles. The average Bonchev–Trinajstić information content (AvgIpc) is 2.74. The molecule has 0 aliphatic rings. The van der Waals surface area contributed by atoms with E-state index in [2.05, 4.69) is 0 Å². The highest BCUT2D eigenvalue weighted by atomic mass is 35.5. The number of carboxylic acid groups (broad SMARTS) is 1. The molecule has 0 saturated heterocycles. The number of carbonyl (C=O) groups excluding carboxylic acids is 1. The van der Waals surface area contributed by atoms with Crippen molar-refractivity contribution >= 4 is 23.5 Å². The lowest BCUT2D eigenvalue weighted by molar-refractivity contribution is -0.137. The van der Waals surface area contributed by atoms with Crippen LogP contribution in [-0.4, -0.2) is 65.1 Å². The number of rotatable bonds is 8. The van der Waals surface area contributed by atoms with Crippen molar-refractivity contribution < 1.29 is 14.7 Å². The lowest BCUT2D eigenvalue weighted by atomic mass is 10.3. The summed E-state index contributed by atoms with van der Waals surface area (Å²) in [4.78, 5) is 26.8. The van der Waals surface area contributed by atoms with Crippen molar-refractivity contribution in [2.24, 2.45) is 0 Å². The van der Waals surface area contributed by atoms with Crippen LogP contribution < -0.4 is 0 Å². The predicted octanol–water partition coefficient (Wildman–Crippen LogP) is 1.64. The molecule has 0 aliphatic carbocycles. The fraction of sp³-hybridized carbons (Fsp3) is 0.571. The molecule has 1 N–H and O–H groups in total. The second-order valence-electron chi connectivity index (χ2n) is 5.16. The first-order valence-electron chi connectivity index (χ1n) is 6.86. The zero-order chi connectivity index (χ0) is 16.0. The third-order valence-electron chi connectivity index (χ3n) is 2.98. The monoisotopic (exact) mass is 315 g/mol. The first-order chi connectivity index (χ1) is 9.85. The molecule has 0 unspecified atom stereocenters. The molecule has 0 spiro atoms. The number of carbonyl (C=O) groups is 2. The number of aliphatic carboxylic acids is 1. The Morgan fingerprint density at radius 2 is 2.00 bits per heavy atom. The fourth-order valence-electron chi connectivity index (χ4n) is 1.98. The molecule has 1 rings (SSSR count). The van der Waals surface area contributed by atoms with Crippen molar-refractivity contribution in [2.45, 2.75) is 19.9 Å². The molecule has 1 heterocycles. The van der Waals surface area contributed by atoms with Crippen LogP contribution in [0.5, 0.6) is 0 Å². The highest BCUT2D eigenvalue weighted by Crippen LogP contribution is 2.16. The lowest BCUT2D eigenvalue weighted by Gasteiger charge is -2.23. The van der Waals surface area contributed by atoms with Crippen LogP contribution in [0.4, 0.5) is 0 Å². The molecule has 0 radical (unpaired) electrons. The van der Waals surface area contributed by atoms with Crippen LogP contribution in [0, 0.1) is 0 Å². The Hall–Kier alpha value is -1.53. The van der Waals surface area contributed by atoms with E-state index in [9.17, 15) is 9.59 Å². The second-order valence-corrected chi connectivity index (χ2v) is 5.60. The van der Waals surface area contributed by atoms with Gasteiger partial charge in [-0.25, -0.2) is 0 Å². The van der Waals surface area contributed by atoms with E-state index < -0.39 is 5.97 Å². The molecule has 0 aliphatic heterocycles. The summed E-state index contributed by atoms with van der Waals surface area (Å²) in [5, 5.41) is 9.46. The van der Waals surface area contributed by atoms with Crippen molar-refractivity contribution in [1.29, 1.82) is 0 Å². The van der Waals surface area contributed by atoms with Gasteiger partial charge in [-0.1, -0.05) is 18.5 Å². The summed E-state index contributed by atoms with van der Waals surface area (Å²) in [6, 6.07) is 1.59.